The van der Waals surface area contributed by atoms with Crippen LogP contribution in [0.4, 0.5) is 0 Å². The van der Waals surface area contributed by atoms with Gasteiger partial charge in [0, 0.05) is 28.8 Å². The number of carbonyl (C=O) groups excluding carboxylic acids is 1. The van der Waals surface area contributed by atoms with E-state index in [1.165, 1.54) is 0 Å². The second-order valence-electron chi connectivity index (χ2n) is 5.14. The molecule has 1 fully saturated rings. The number of hydrogen-bond donors (Lipinski definition) is 0. The number of methoxy groups -OCH3 is 2. The Kier molecular flexibility index (Phi) is 6.44. The quantitative estimate of drug-likeness (QED) is 0.731. The zero-order valence-corrected chi connectivity index (χ0v) is 15.6. The van der Waals surface area contributed by atoms with Gasteiger partial charge < -0.3 is 14.4 Å². The van der Waals surface area contributed by atoms with Gasteiger partial charge in [0.1, 0.15) is 5.37 Å². The van der Waals surface area contributed by atoms with E-state index in [1.54, 1.807) is 26.0 Å². The van der Waals surface area contributed by atoms with Crippen molar-refractivity contribution in [1.82, 2.24) is 4.90 Å². The van der Waals surface area contributed by atoms with E-state index in [0.717, 1.165) is 35.2 Å². The first kappa shape index (κ1) is 17.5. The highest BCUT2D eigenvalue weighted by Gasteiger charge is 2.31. The van der Waals surface area contributed by atoms with Crippen LogP contribution < -0.4 is 9.47 Å². The fraction of sp³-hybridized carbons (Fsp3) is 0.562. The van der Waals surface area contributed by atoms with Crippen LogP contribution in [0.5, 0.6) is 11.5 Å². The summed E-state index contributed by atoms with van der Waals surface area (Å²) >= 11 is 5.42. The molecule has 0 radical (unpaired) electrons. The van der Waals surface area contributed by atoms with Crippen molar-refractivity contribution in [2.24, 2.45) is 0 Å². The van der Waals surface area contributed by atoms with E-state index >= 15 is 0 Å². The SMILES string of the molecule is CCCCN1C(=O)CCSC1c1cc(OC)c(OC)cc1Br. The number of halogens is 1. The van der Waals surface area contributed by atoms with Crippen LogP contribution in [0.2, 0.25) is 0 Å². The summed E-state index contributed by atoms with van der Waals surface area (Å²) in [4.78, 5) is 14.3. The number of carbonyl (C=O) groups is 1. The van der Waals surface area contributed by atoms with Crippen LogP contribution >= 0.6 is 27.7 Å². The number of thioether (sulfide) groups is 1. The van der Waals surface area contributed by atoms with Gasteiger partial charge in [-0.15, -0.1) is 11.8 Å². The van der Waals surface area contributed by atoms with Crippen LogP contribution in [0.25, 0.3) is 0 Å². The Bertz CT molecular complexity index is 538. The van der Waals surface area contributed by atoms with E-state index < -0.39 is 0 Å². The van der Waals surface area contributed by atoms with Gasteiger partial charge in [0.05, 0.1) is 14.2 Å². The Balaban J connectivity index is 2.36. The first-order valence-corrected chi connectivity index (χ1v) is 9.29. The Labute approximate surface area is 144 Å². The van der Waals surface area contributed by atoms with Gasteiger partial charge in [-0.25, -0.2) is 0 Å². The summed E-state index contributed by atoms with van der Waals surface area (Å²) in [7, 11) is 3.25. The zero-order chi connectivity index (χ0) is 16.1. The summed E-state index contributed by atoms with van der Waals surface area (Å²) < 4.78 is 11.7. The highest BCUT2D eigenvalue weighted by atomic mass is 79.9. The Morgan fingerprint density at radius 1 is 1.32 bits per heavy atom. The predicted octanol–water partition coefficient (Wildman–Crippen LogP) is 4.23. The van der Waals surface area contributed by atoms with Crippen LogP contribution in [0.15, 0.2) is 16.6 Å². The molecule has 1 aromatic carbocycles. The molecule has 2 rings (SSSR count). The van der Waals surface area contributed by atoms with Crippen LogP contribution in [0.3, 0.4) is 0 Å². The van der Waals surface area contributed by atoms with Gasteiger partial charge in [-0.3, -0.25) is 4.79 Å². The average Bonchev–Trinajstić information content (AvgIpc) is 2.53. The lowest BCUT2D eigenvalue weighted by Crippen LogP contribution is -2.38. The summed E-state index contributed by atoms with van der Waals surface area (Å²) in [5.41, 5.74) is 1.06. The van der Waals surface area contributed by atoms with Crippen LogP contribution in [-0.2, 0) is 4.79 Å². The summed E-state index contributed by atoms with van der Waals surface area (Å²) in [6, 6.07) is 3.88. The molecule has 1 aromatic rings. The molecule has 0 aromatic heterocycles. The number of rotatable bonds is 6. The molecule has 1 aliphatic rings. The van der Waals surface area contributed by atoms with Crippen molar-refractivity contribution in [2.75, 3.05) is 26.5 Å². The molecule has 1 amide bonds. The Hall–Kier alpha value is -0.880. The third kappa shape index (κ3) is 3.71. The van der Waals surface area contributed by atoms with Crippen molar-refractivity contribution in [1.29, 1.82) is 0 Å². The molecule has 1 aliphatic heterocycles. The molecule has 0 N–H and O–H groups in total. The molecule has 4 nitrogen and oxygen atoms in total. The van der Waals surface area contributed by atoms with Crippen molar-refractivity contribution in [3.8, 4) is 11.5 Å². The number of hydrogen-bond acceptors (Lipinski definition) is 4. The first-order chi connectivity index (χ1) is 10.6. The molecule has 0 spiro atoms. The van der Waals surface area contributed by atoms with Crippen molar-refractivity contribution >= 4 is 33.6 Å². The number of nitrogens with zero attached hydrogens (tertiary/aromatic N) is 1. The second-order valence-corrected chi connectivity index (χ2v) is 7.18. The minimum absolute atomic E-state index is 0.0296. The van der Waals surface area contributed by atoms with E-state index in [0.29, 0.717) is 17.9 Å². The summed E-state index contributed by atoms with van der Waals surface area (Å²) in [6.07, 6.45) is 2.72. The first-order valence-electron chi connectivity index (χ1n) is 7.44. The van der Waals surface area contributed by atoms with Crippen molar-refractivity contribution < 1.29 is 14.3 Å². The van der Waals surface area contributed by atoms with Crippen molar-refractivity contribution in [3.63, 3.8) is 0 Å². The lowest BCUT2D eigenvalue weighted by molar-refractivity contribution is -0.132. The van der Waals surface area contributed by atoms with E-state index in [9.17, 15) is 4.79 Å². The molecule has 1 heterocycles. The van der Waals surface area contributed by atoms with Crippen LogP contribution in [0, 0.1) is 0 Å². The Morgan fingerprint density at radius 3 is 2.64 bits per heavy atom. The molecule has 0 saturated carbocycles. The number of benzene rings is 1. The average molecular weight is 388 g/mol. The van der Waals surface area contributed by atoms with Crippen molar-refractivity contribution in [3.05, 3.63) is 22.2 Å². The van der Waals surface area contributed by atoms with Crippen LogP contribution in [-0.4, -0.2) is 37.3 Å². The molecule has 122 valence electrons. The molecular weight excluding hydrogens is 366 g/mol. The van der Waals surface area contributed by atoms with E-state index in [-0.39, 0.29) is 11.3 Å². The summed E-state index contributed by atoms with van der Waals surface area (Å²) in [5, 5.41) is 0.0296. The standard InChI is InChI=1S/C16H22BrNO3S/c1-4-5-7-18-15(19)6-8-22-16(18)11-9-13(20-2)14(21-3)10-12(11)17/h9-10,16H,4-8H2,1-3H3. The van der Waals surface area contributed by atoms with Gasteiger partial charge >= 0.3 is 0 Å². The van der Waals surface area contributed by atoms with E-state index in [1.807, 2.05) is 17.0 Å². The molecular formula is C16H22BrNO3S. The number of unbranched alkanes of at least 4 members (excludes halogenated alkanes) is 1. The molecule has 0 bridgehead atoms. The maximum atomic E-state index is 12.3. The van der Waals surface area contributed by atoms with Gasteiger partial charge in [-0.05, 0) is 18.6 Å². The van der Waals surface area contributed by atoms with Crippen molar-refractivity contribution in [2.45, 2.75) is 31.6 Å². The monoisotopic (exact) mass is 387 g/mol. The van der Waals surface area contributed by atoms with E-state index in [4.69, 9.17) is 9.47 Å². The smallest absolute Gasteiger partial charge is 0.224 e. The maximum absolute atomic E-state index is 12.3. The number of amides is 1. The third-order valence-electron chi connectivity index (χ3n) is 3.72. The highest BCUT2D eigenvalue weighted by Crippen LogP contribution is 2.44. The number of ether oxygens (including phenoxy) is 2. The molecule has 6 heteroatoms. The fourth-order valence-corrected chi connectivity index (χ4v) is 4.49. The van der Waals surface area contributed by atoms with Gasteiger partial charge in [0.25, 0.3) is 0 Å². The lowest BCUT2D eigenvalue weighted by Gasteiger charge is -2.36. The van der Waals surface area contributed by atoms with Crippen LogP contribution in [0.1, 0.15) is 37.1 Å². The van der Waals surface area contributed by atoms with Gasteiger partial charge in [-0.1, -0.05) is 29.3 Å². The Morgan fingerprint density at radius 2 is 2.00 bits per heavy atom. The normalized spacial score (nSPS) is 18.5. The van der Waals surface area contributed by atoms with Gasteiger partial charge in [0.15, 0.2) is 11.5 Å². The highest BCUT2D eigenvalue weighted by molar-refractivity contribution is 9.10. The summed E-state index contributed by atoms with van der Waals surface area (Å²) in [5.74, 6) is 2.46. The molecule has 1 atom stereocenters. The second kappa shape index (κ2) is 8.11. The largest absolute Gasteiger partial charge is 0.493 e. The molecule has 1 saturated heterocycles. The molecule has 22 heavy (non-hydrogen) atoms. The van der Waals surface area contributed by atoms with Gasteiger partial charge in [-0.2, -0.15) is 0 Å². The minimum Gasteiger partial charge on any atom is -0.493 e. The minimum atomic E-state index is 0.0296. The zero-order valence-electron chi connectivity index (χ0n) is 13.2. The van der Waals surface area contributed by atoms with Gasteiger partial charge in [0.2, 0.25) is 5.91 Å². The predicted molar refractivity (Wildman–Crippen MR) is 93.7 cm³/mol. The lowest BCUT2D eigenvalue weighted by atomic mass is 10.1. The summed E-state index contributed by atoms with van der Waals surface area (Å²) in [6.45, 7) is 2.94. The molecule has 1 unspecified atom stereocenters. The third-order valence-corrected chi connectivity index (χ3v) is 5.67. The topological polar surface area (TPSA) is 38.8 Å². The fourth-order valence-electron chi connectivity index (χ4n) is 2.51. The molecule has 0 aliphatic carbocycles. The maximum Gasteiger partial charge on any atom is 0.224 e. The van der Waals surface area contributed by atoms with E-state index in [2.05, 4.69) is 22.9 Å².